The van der Waals surface area contributed by atoms with Gasteiger partial charge in [0.1, 0.15) is 32.0 Å². The highest BCUT2D eigenvalue weighted by atomic mass is 19.1. The van der Waals surface area contributed by atoms with Crippen LogP contribution in [-0.4, -0.2) is 52.9 Å². The second kappa shape index (κ2) is 8.27. The van der Waals surface area contributed by atoms with E-state index in [4.69, 9.17) is 0 Å². The van der Waals surface area contributed by atoms with E-state index >= 15 is 0 Å². The molecular formula is C20H31FN6+2. The first-order valence-electron chi connectivity index (χ1n) is 9.79. The minimum absolute atomic E-state index is 0.00305. The van der Waals surface area contributed by atoms with Gasteiger partial charge in [0.2, 0.25) is 5.82 Å². The highest BCUT2D eigenvalue weighted by molar-refractivity contribution is 5.23. The van der Waals surface area contributed by atoms with E-state index in [9.17, 15) is 4.39 Å². The normalized spacial score (nSPS) is 21.8. The molecule has 6 nitrogen and oxygen atoms in total. The maximum absolute atomic E-state index is 13.5. The molecule has 0 unspecified atom stereocenters. The Balaban J connectivity index is 1.96. The molecule has 146 valence electrons. The van der Waals surface area contributed by atoms with Gasteiger partial charge in [-0.1, -0.05) is 13.5 Å². The SMILES string of the molecule is C=CC[NH+]1CC[NH+]([C@H](c2ccc(F)cc2)c2nnnn2C(C)(C)CC)CC1. The number of halogens is 1. The fraction of sp³-hybridized carbons (Fsp3) is 0.550. The van der Waals surface area contributed by atoms with Gasteiger partial charge in [-0.3, -0.25) is 0 Å². The summed E-state index contributed by atoms with van der Waals surface area (Å²) < 4.78 is 15.5. The lowest BCUT2D eigenvalue weighted by Gasteiger charge is -2.35. The number of rotatable bonds is 7. The Morgan fingerprint density at radius 3 is 2.48 bits per heavy atom. The van der Waals surface area contributed by atoms with Gasteiger partial charge in [-0.05, 0) is 61.0 Å². The molecule has 0 saturated carbocycles. The Morgan fingerprint density at radius 1 is 1.22 bits per heavy atom. The van der Waals surface area contributed by atoms with E-state index in [1.54, 1.807) is 4.90 Å². The summed E-state index contributed by atoms with van der Waals surface area (Å²) in [5.74, 6) is 0.636. The van der Waals surface area contributed by atoms with Crippen molar-refractivity contribution in [2.45, 2.75) is 38.8 Å². The van der Waals surface area contributed by atoms with E-state index in [2.05, 4.69) is 42.9 Å². The highest BCUT2D eigenvalue weighted by Crippen LogP contribution is 2.24. The van der Waals surface area contributed by atoms with E-state index in [1.165, 1.54) is 17.0 Å². The number of hydrogen-bond acceptors (Lipinski definition) is 3. The number of nitrogens with zero attached hydrogens (tertiary/aromatic N) is 4. The number of piperazine rings is 1. The van der Waals surface area contributed by atoms with Gasteiger partial charge in [0.25, 0.3) is 0 Å². The minimum Gasteiger partial charge on any atom is -0.322 e. The molecule has 2 heterocycles. The molecule has 1 atom stereocenters. The third kappa shape index (κ3) is 4.25. The summed E-state index contributed by atoms with van der Waals surface area (Å²) in [6.45, 7) is 15.5. The average molecular weight is 375 g/mol. The van der Waals surface area contributed by atoms with Crippen molar-refractivity contribution in [1.29, 1.82) is 0 Å². The van der Waals surface area contributed by atoms with Crippen LogP contribution < -0.4 is 9.80 Å². The quantitative estimate of drug-likeness (QED) is 0.672. The molecule has 0 radical (unpaired) electrons. The second-order valence-electron chi connectivity index (χ2n) is 8.00. The molecular weight excluding hydrogens is 343 g/mol. The van der Waals surface area contributed by atoms with Crippen molar-refractivity contribution in [3.05, 3.63) is 54.1 Å². The third-order valence-corrected chi connectivity index (χ3v) is 5.83. The average Bonchev–Trinajstić information content (AvgIpc) is 3.15. The monoisotopic (exact) mass is 374 g/mol. The molecule has 1 aromatic carbocycles. The predicted octanol–water partition coefficient (Wildman–Crippen LogP) is 0.0161. The van der Waals surface area contributed by atoms with Crippen LogP contribution in [0.5, 0.6) is 0 Å². The van der Waals surface area contributed by atoms with Crippen LogP contribution in [0, 0.1) is 5.82 Å². The number of nitrogens with one attached hydrogen (secondary N) is 2. The van der Waals surface area contributed by atoms with E-state index in [0.717, 1.165) is 50.5 Å². The Bertz CT molecular complexity index is 746. The Hall–Kier alpha value is -2.12. The second-order valence-corrected chi connectivity index (χ2v) is 8.00. The van der Waals surface area contributed by atoms with Crippen molar-refractivity contribution in [1.82, 2.24) is 20.2 Å². The fourth-order valence-corrected chi connectivity index (χ4v) is 3.80. The third-order valence-electron chi connectivity index (χ3n) is 5.83. The van der Waals surface area contributed by atoms with Gasteiger partial charge in [-0.15, -0.1) is 5.10 Å². The molecule has 1 saturated heterocycles. The van der Waals surface area contributed by atoms with E-state index in [1.807, 2.05) is 22.9 Å². The van der Waals surface area contributed by atoms with Gasteiger partial charge >= 0.3 is 0 Å². The van der Waals surface area contributed by atoms with Gasteiger partial charge in [-0.2, -0.15) is 0 Å². The van der Waals surface area contributed by atoms with Gasteiger partial charge in [0, 0.05) is 5.56 Å². The van der Waals surface area contributed by atoms with Crippen molar-refractivity contribution in [2.75, 3.05) is 32.7 Å². The Morgan fingerprint density at radius 2 is 1.89 bits per heavy atom. The van der Waals surface area contributed by atoms with Crippen molar-refractivity contribution < 1.29 is 14.2 Å². The van der Waals surface area contributed by atoms with Gasteiger partial charge in [0.15, 0.2) is 6.04 Å². The van der Waals surface area contributed by atoms with Crippen LogP contribution >= 0.6 is 0 Å². The van der Waals surface area contributed by atoms with Crippen LogP contribution in [-0.2, 0) is 5.54 Å². The minimum atomic E-state index is -0.221. The number of benzene rings is 1. The van der Waals surface area contributed by atoms with Crippen molar-refractivity contribution in [3.63, 3.8) is 0 Å². The highest BCUT2D eigenvalue weighted by Gasteiger charge is 2.37. The molecule has 3 rings (SSSR count). The lowest BCUT2D eigenvalue weighted by molar-refractivity contribution is -1.02. The van der Waals surface area contributed by atoms with E-state index in [0.29, 0.717) is 0 Å². The van der Waals surface area contributed by atoms with Crippen molar-refractivity contribution in [3.8, 4) is 0 Å². The first kappa shape index (κ1) is 19.6. The van der Waals surface area contributed by atoms with Crippen LogP contribution in [0.1, 0.15) is 44.6 Å². The summed E-state index contributed by atoms with van der Waals surface area (Å²) in [4.78, 5) is 2.98. The Labute approximate surface area is 160 Å². The molecule has 0 bridgehead atoms. The van der Waals surface area contributed by atoms with Crippen LogP contribution in [0.2, 0.25) is 0 Å². The largest absolute Gasteiger partial charge is 0.322 e. The summed E-state index contributed by atoms with van der Waals surface area (Å²) in [6, 6.07) is 6.79. The maximum atomic E-state index is 13.5. The molecule has 2 aromatic rings. The molecule has 1 aromatic heterocycles. The predicted molar refractivity (Wildman–Crippen MR) is 102 cm³/mol. The van der Waals surface area contributed by atoms with Gasteiger partial charge in [-0.25, -0.2) is 9.07 Å². The smallest absolute Gasteiger partial charge is 0.214 e. The van der Waals surface area contributed by atoms with Gasteiger partial charge < -0.3 is 9.80 Å². The Kier molecular flexibility index (Phi) is 6.01. The topological polar surface area (TPSA) is 52.5 Å². The molecule has 1 fully saturated rings. The van der Waals surface area contributed by atoms with Crippen LogP contribution in [0.3, 0.4) is 0 Å². The zero-order chi connectivity index (χ0) is 19.4. The molecule has 1 aliphatic rings. The van der Waals surface area contributed by atoms with Crippen LogP contribution in [0.25, 0.3) is 0 Å². The van der Waals surface area contributed by atoms with Crippen molar-refractivity contribution >= 4 is 0 Å². The van der Waals surface area contributed by atoms with E-state index in [-0.39, 0.29) is 17.4 Å². The number of hydrogen-bond donors (Lipinski definition) is 2. The summed E-state index contributed by atoms with van der Waals surface area (Å²) in [6.07, 6.45) is 2.91. The zero-order valence-corrected chi connectivity index (χ0v) is 16.6. The first-order chi connectivity index (χ1) is 13.0. The van der Waals surface area contributed by atoms with Crippen molar-refractivity contribution in [2.24, 2.45) is 0 Å². The molecule has 0 amide bonds. The summed E-state index contributed by atoms with van der Waals surface area (Å²) in [5, 5.41) is 12.7. The van der Waals surface area contributed by atoms with Gasteiger partial charge in [0.05, 0.1) is 12.1 Å². The number of quaternary nitrogens is 2. The zero-order valence-electron chi connectivity index (χ0n) is 16.6. The molecule has 0 spiro atoms. The molecule has 1 aliphatic heterocycles. The van der Waals surface area contributed by atoms with Crippen LogP contribution in [0.15, 0.2) is 36.9 Å². The first-order valence-corrected chi connectivity index (χ1v) is 9.79. The molecule has 2 N–H and O–H groups in total. The fourth-order valence-electron chi connectivity index (χ4n) is 3.80. The number of tetrazole rings is 1. The number of aromatic nitrogens is 4. The summed E-state index contributed by atoms with van der Waals surface area (Å²) in [5.41, 5.74) is 0.883. The molecule has 7 heteroatoms. The maximum Gasteiger partial charge on any atom is 0.214 e. The lowest BCUT2D eigenvalue weighted by atomic mass is 9.99. The summed E-state index contributed by atoms with van der Waals surface area (Å²) >= 11 is 0. The molecule has 0 aliphatic carbocycles. The summed E-state index contributed by atoms with van der Waals surface area (Å²) in [7, 11) is 0. The van der Waals surface area contributed by atoms with E-state index < -0.39 is 0 Å². The molecule has 27 heavy (non-hydrogen) atoms. The van der Waals surface area contributed by atoms with Crippen LogP contribution in [0.4, 0.5) is 4.39 Å². The lowest BCUT2D eigenvalue weighted by Crippen LogP contribution is -3.28. The standard InChI is InChI=1S/C20H29FN6/c1-5-11-25-12-14-26(15-13-25)18(16-7-9-17(21)10-8-16)19-22-23-24-27(19)20(3,4)6-2/h5,7-10,18H,1,6,11-15H2,2-4H3/p+2/t18-/m1/s1.